The van der Waals surface area contributed by atoms with Crippen molar-refractivity contribution in [2.75, 3.05) is 0 Å². The van der Waals surface area contributed by atoms with E-state index < -0.39 is 11.9 Å². The third-order valence-corrected chi connectivity index (χ3v) is 2.02. The van der Waals surface area contributed by atoms with Crippen LogP contribution in [0.2, 0.25) is 0 Å². The molecule has 1 aromatic rings. The average molecular weight is 207 g/mol. The fourth-order valence-corrected chi connectivity index (χ4v) is 1.13. The summed E-state index contributed by atoms with van der Waals surface area (Å²) in [6, 6.07) is 6.74. The topological polar surface area (TPSA) is 102 Å². The maximum absolute atomic E-state index is 10.7. The van der Waals surface area contributed by atoms with Crippen LogP contribution in [0.5, 0.6) is 0 Å². The fraction of sp³-hybridized carbons (Fsp3) is 0.200. The Morgan fingerprint density at radius 3 is 2.27 bits per heavy atom. The minimum absolute atomic E-state index is 0.0194. The Labute approximate surface area is 87.4 Å². The van der Waals surface area contributed by atoms with Gasteiger partial charge >= 0.3 is 5.97 Å². The number of hydrogen-bond acceptors (Lipinski definition) is 2. The lowest BCUT2D eigenvalue weighted by atomic mass is 10.0. The van der Waals surface area contributed by atoms with Crippen LogP contribution in [-0.2, 0) is 4.79 Å². The van der Waals surface area contributed by atoms with Crippen molar-refractivity contribution in [2.24, 2.45) is 16.5 Å². The molecule has 0 aliphatic rings. The van der Waals surface area contributed by atoms with Crippen LogP contribution in [0.1, 0.15) is 18.4 Å². The number of hydrogen-bond donors (Lipinski definition) is 3. The lowest BCUT2D eigenvalue weighted by molar-refractivity contribution is -0.138. The maximum Gasteiger partial charge on any atom is 0.310 e. The second-order valence-corrected chi connectivity index (χ2v) is 3.19. The standard InChI is InChI=1S/C10H13N3O2/c1-6(9(14)15)7-2-4-8(5-3-7)13-10(11)12/h2-6H,1H3,(H,14,15)(H4,11,12,13). The van der Waals surface area contributed by atoms with E-state index in [-0.39, 0.29) is 5.96 Å². The van der Waals surface area contributed by atoms with Crippen molar-refractivity contribution in [3.8, 4) is 0 Å². The average Bonchev–Trinajstić information content (AvgIpc) is 2.17. The first-order chi connectivity index (χ1) is 7.00. The number of rotatable bonds is 3. The number of aliphatic carboxylic acids is 1. The van der Waals surface area contributed by atoms with Crippen molar-refractivity contribution < 1.29 is 9.90 Å². The highest BCUT2D eigenvalue weighted by Crippen LogP contribution is 2.19. The highest BCUT2D eigenvalue weighted by molar-refractivity contribution is 5.79. The van der Waals surface area contributed by atoms with Crippen molar-refractivity contribution in [2.45, 2.75) is 12.8 Å². The highest BCUT2D eigenvalue weighted by Gasteiger charge is 2.12. The summed E-state index contributed by atoms with van der Waals surface area (Å²) >= 11 is 0. The third kappa shape index (κ3) is 2.98. The van der Waals surface area contributed by atoms with Crippen LogP contribution in [0.3, 0.4) is 0 Å². The van der Waals surface area contributed by atoms with Gasteiger partial charge in [0.2, 0.25) is 0 Å². The van der Waals surface area contributed by atoms with E-state index >= 15 is 0 Å². The van der Waals surface area contributed by atoms with Crippen LogP contribution in [0.4, 0.5) is 5.69 Å². The normalized spacial score (nSPS) is 11.8. The van der Waals surface area contributed by atoms with Crippen molar-refractivity contribution in [1.29, 1.82) is 0 Å². The smallest absolute Gasteiger partial charge is 0.310 e. The van der Waals surface area contributed by atoms with Gasteiger partial charge in [0.15, 0.2) is 5.96 Å². The molecule has 0 aromatic heterocycles. The summed E-state index contributed by atoms with van der Waals surface area (Å²) in [5.74, 6) is -1.41. The van der Waals surface area contributed by atoms with Gasteiger partial charge in [-0.2, -0.15) is 0 Å². The molecule has 1 aromatic carbocycles. The second kappa shape index (κ2) is 4.45. The number of guanidine groups is 1. The van der Waals surface area contributed by atoms with Gasteiger partial charge in [-0.05, 0) is 24.6 Å². The molecule has 0 amide bonds. The largest absolute Gasteiger partial charge is 0.481 e. The molecular formula is C10H13N3O2. The summed E-state index contributed by atoms with van der Waals surface area (Å²) in [5, 5.41) is 8.78. The molecule has 0 spiro atoms. The molecular weight excluding hydrogens is 194 g/mol. The summed E-state index contributed by atoms with van der Waals surface area (Å²) in [6.45, 7) is 1.62. The summed E-state index contributed by atoms with van der Waals surface area (Å²) in [5.41, 5.74) is 11.7. The minimum Gasteiger partial charge on any atom is -0.481 e. The van der Waals surface area contributed by atoms with E-state index in [9.17, 15) is 4.79 Å². The molecule has 5 heteroatoms. The number of carbonyl (C=O) groups is 1. The number of nitrogens with zero attached hydrogens (tertiary/aromatic N) is 1. The molecule has 0 saturated carbocycles. The summed E-state index contributed by atoms with van der Waals surface area (Å²) in [4.78, 5) is 14.5. The van der Waals surface area contributed by atoms with Gasteiger partial charge in [-0.15, -0.1) is 0 Å². The minimum atomic E-state index is -0.857. The van der Waals surface area contributed by atoms with E-state index in [1.165, 1.54) is 0 Å². The van der Waals surface area contributed by atoms with Crippen molar-refractivity contribution in [1.82, 2.24) is 0 Å². The fourth-order valence-electron chi connectivity index (χ4n) is 1.13. The predicted molar refractivity (Wildman–Crippen MR) is 58.0 cm³/mol. The third-order valence-electron chi connectivity index (χ3n) is 2.02. The Balaban J connectivity index is 2.90. The first kappa shape index (κ1) is 11.0. The molecule has 0 fully saturated rings. The summed E-state index contributed by atoms with van der Waals surface area (Å²) < 4.78 is 0. The Hall–Kier alpha value is -2.04. The van der Waals surface area contributed by atoms with Gasteiger partial charge in [-0.3, -0.25) is 4.79 Å². The molecule has 5 nitrogen and oxygen atoms in total. The van der Waals surface area contributed by atoms with Gasteiger partial charge in [0, 0.05) is 0 Å². The van der Waals surface area contributed by atoms with Crippen LogP contribution in [0, 0.1) is 0 Å². The van der Waals surface area contributed by atoms with Gasteiger partial charge < -0.3 is 16.6 Å². The van der Waals surface area contributed by atoms with Crippen LogP contribution in [0.25, 0.3) is 0 Å². The zero-order chi connectivity index (χ0) is 11.4. The zero-order valence-electron chi connectivity index (χ0n) is 8.34. The SMILES string of the molecule is CC(C(=O)O)c1ccc(N=C(N)N)cc1. The Morgan fingerprint density at radius 1 is 1.33 bits per heavy atom. The van der Waals surface area contributed by atoms with Crippen LogP contribution in [0.15, 0.2) is 29.3 Å². The Morgan fingerprint density at radius 2 is 1.87 bits per heavy atom. The van der Waals surface area contributed by atoms with Crippen LogP contribution < -0.4 is 11.5 Å². The molecule has 1 atom stereocenters. The van der Waals surface area contributed by atoms with E-state index in [1.54, 1.807) is 31.2 Å². The van der Waals surface area contributed by atoms with Crippen LogP contribution >= 0.6 is 0 Å². The molecule has 0 aliphatic carbocycles. The molecule has 15 heavy (non-hydrogen) atoms. The number of carboxylic acids is 1. The number of benzene rings is 1. The van der Waals surface area contributed by atoms with E-state index in [0.717, 1.165) is 5.56 Å². The van der Waals surface area contributed by atoms with Gasteiger partial charge in [-0.1, -0.05) is 12.1 Å². The number of carboxylic acid groups (broad SMARTS) is 1. The monoisotopic (exact) mass is 207 g/mol. The van der Waals surface area contributed by atoms with E-state index in [2.05, 4.69) is 4.99 Å². The molecule has 0 aliphatic heterocycles. The molecule has 1 unspecified atom stereocenters. The van der Waals surface area contributed by atoms with Gasteiger partial charge in [0.05, 0.1) is 11.6 Å². The number of nitrogens with two attached hydrogens (primary N) is 2. The molecule has 0 bridgehead atoms. The predicted octanol–water partition coefficient (Wildman–Crippen LogP) is 0.780. The highest BCUT2D eigenvalue weighted by atomic mass is 16.4. The number of aliphatic imine (C=N–C) groups is 1. The molecule has 5 N–H and O–H groups in total. The molecule has 0 radical (unpaired) electrons. The zero-order valence-corrected chi connectivity index (χ0v) is 8.34. The quantitative estimate of drug-likeness (QED) is 0.503. The molecule has 0 heterocycles. The summed E-state index contributed by atoms with van der Waals surface area (Å²) in [6.07, 6.45) is 0. The maximum atomic E-state index is 10.7. The van der Waals surface area contributed by atoms with Gasteiger partial charge in [0.25, 0.3) is 0 Å². The molecule has 80 valence electrons. The van der Waals surface area contributed by atoms with Crippen LogP contribution in [-0.4, -0.2) is 17.0 Å². The van der Waals surface area contributed by atoms with E-state index in [4.69, 9.17) is 16.6 Å². The van der Waals surface area contributed by atoms with Crippen molar-refractivity contribution in [3.63, 3.8) is 0 Å². The molecule has 0 saturated heterocycles. The van der Waals surface area contributed by atoms with Gasteiger partial charge in [0.1, 0.15) is 0 Å². The first-order valence-corrected chi connectivity index (χ1v) is 4.43. The van der Waals surface area contributed by atoms with Crippen molar-refractivity contribution in [3.05, 3.63) is 29.8 Å². The van der Waals surface area contributed by atoms with Gasteiger partial charge in [-0.25, -0.2) is 4.99 Å². The Bertz CT molecular complexity index is 380. The van der Waals surface area contributed by atoms with Crippen molar-refractivity contribution >= 4 is 17.6 Å². The second-order valence-electron chi connectivity index (χ2n) is 3.19. The molecule has 1 rings (SSSR count). The lowest BCUT2D eigenvalue weighted by Crippen LogP contribution is -2.21. The Kier molecular flexibility index (Phi) is 3.28. The lowest BCUT2D eigenvalue weighted by Gasteiger charge is -2.06. The first-order valence-electron chi connectivity index (χ1n) is 4.43. The van der Waals surface area contributed by atoms with E-state index in [1.807, 2.05) is 0 Å². The summed E-state index contributed by atoms with van der Waals surface area (Å²) in [7, 11) is 0. The van der Waals surface area contributed by atoms with E-state index in [0.29, 0.717) is 5.69 Å².